The first-order valence-electron chi connectivity index (χ1n) is 9.38. The Kier molecular flexibility index (Phi) is 6.07. The van der Waals surface area contributed by atoms with E-state index in [2.05, 4.69) is 11.4 Å². The number of benzene rings is 1. The molecule has 1 aliphatic heterocycles. The summed E-state index contributed by atoms with van der Waals surface area (Å²) in [4.78, 5) is 14.4. The topological polar surface area (TPSA) is 121 Å². The lowest BCUT2D eigenvalue weighted by Crippen LogP contribution is -2.35. The number of hydrogen-bond donors (Lipinski definition) is 2. The van der Waals surface area contributed by atoms with Gasteiger partial charge in [-0.3, -0.25) is 9.69 Å². The predicted octanol–water partition coefficient (Wildman–Crippen LogP) is 1.33. The van der Waals surface area contributed by atoms with Gasteiger partial charge < -0.3 is 9.88 Å². The summed E-state index contributed by atoms with van der Waals surface area (Å²) in [7, 11) is -3.60. The number of carbonyl (C=O) groups excluding carboxylic acids is 1. The van der Waals surface area contributed by atoms with Crippen molar-refractivity contribution in [2.75, 3.05) is 25.0 Å². The van der Waals surface area contributed by atoms with Crippen LogP contribution in [0.3, 0.4) is 0 Å². The fourth-order valence-corrected chi connectivity index (χ4v) is 4.53. The van der Waals surface area contributed by atoms with Crippen molar-refractivity contribution in [2.45, 2.75) is 32.1 Å². The maximum atomic E-state index is 12.7. The van der Waals surface area contributed by atoms with Crippen molar-refractivity contribution in [3.8, 4) is 6.07 Å². The zero-order valence-electron chi connectivity index (χ0n) is 16.6. The number of hydrogen-bond acceptors (Lipinski definition) is 5. The van der Waals surface area contributed by atoms with Crippen LogP contribution >= 0.6 is 0 Å². The number of aromatic nitrogens is 1. The fourth-order valence-electron chi connectivity index (χ4n) is 3.68. The lowest BCUT2D eigenvalue weighted by Gasteiger charge is -2.17. The van der Waals surface area contributed by atoms with Gasteiger partial charge in [0.05, 0.1) is 17.4 Å². The van der Waals surface area contributed by atoms with Gasteiger partial charge in [-0.15, -0.1) is 0 Å². The van der Waals surface area contributed by atoms with Gasteiger partial charge in [-0.25, -0.2) is 13.6 Å². The monoisotopic (exact) mass is 415 g/mol. The Labute approximate surface area is 171 Å². The molecule has 0 saturated carbocycles. The smallest absolute Gasteiger partial charge is 0.239 e. The maximum Gasteiger partial charge on any atom is 0.239 e. The molecule has 3 rings (SSSR count). The Hall–Kier alpha value is -2.67. The molecule has 0 unspecified atom stereocenters. The Morgan fingerprint density at radius 1 is 1.31 bits per heavy atom. The number of primary sulfonamides is 1. The summed E-state index contributed by atoms with van der Waals surface area (Å²) in [6.45, 7) is 5.09. The van der Waals surface area contributed by atoms with Crippen molar-refractivity contribution in [2.24, 2.45) is 5.14 Å². The lowest BCUT2D eigenvalue weighted by atomic mass is 10.2. The van der Waals surface area contributed by atoms with E-state index in [0.717, 1.165) is 16.8 Å². The zero-order valence-corrected chi connectivity index (χ0v) is 17.4. The summed E-state index contributed by atoms with van der Waals surface area (Å²) in [5.41, 5.74) is 3.24. The van der Waals surface area contributed by atoms with Gasteiger partial charge in [-0.1, -0.05) is 30.3 Å². The second-order valence-electron chi connectivity index (χ2n) is 7.40. The number of nitrogens with two attached hydrogens (primary N) is 1. The van der Waals surface area contributed by atoms with Gasteiger partial charge in [0, 0.05) is 25.3 Å². The maximum absolute atomic E-state index is 12.7. The molecule has 1 amide bonds. The van der Waals surface area contributed by atoms with Gasteiger partial charge in [0.15, 0.2) is 0 Å². The van der Waals surface area contributed by atoms with E-state index in [1.807, 2.05) is 48.7 Å². The quantitative estimate of drug-likeness (QED) is 0.737. The summed E-state index contributed by atoms with van der Waals surface area (Å²) in [6, 6.07) is 12.0. The molecule has 0 aliphatic carbocycles. The third-order valence-electron chi connectivity index (χ3n) is 5.44. The molecule has 0 spiro atoms. The third kappa shape index (κ3) is 4.67. The van der Waals surface area contributed by atoms with E-state index in [1.54, 1.807) is 4.90 Å². The number of nitrogens with zero attached hydrogens (tertiary/aromatic N) is 3. The molecule has 1 fully saturated rings. The van der Waals surface area contributed by atoms with Gasteiger partial charge in [-0.2, -0.15) is 5.26 Å². The van der Waals surface area contributed by atoms with E-state index >= 15 is 0 Å². The van der Waals surface area contributed by atoms with Crippen LogP contribution in [0, 0.1) is 25.2 Å². The molecular formula is C20H25N5O3S. The highest BCUT2D eigenvalue weighted by Crippen LogP contribution is 2.27. The molecule has 8 nitrogen and oxygen atoms in total. The number of likely N-dealkylation sites (tertiary alicyclic amines) is 1. The van der Waals surface area contributed by atoms with E-state index in [0.29, 0.717) is 30.9 Å². The van der Waals surface area contributed by atoms with Crippen LogP contribution in [0.2, 0.25) is 0 Å². The number of rotatable bonds is 6. The molecule has 2 heterocycles. The molecule has 1 atom stereocenters. The lowest BCUT2D eigenvalue weighted by molar-refractivity contribution is -0.117. The Balaban J connectivity index is 1.78. The minimum Gasteiger partial charge on any atom is -0.326 e. The minimum absolute atomic E-state index is 0.0471. The Morgan fingerprint density at radius 3 is 2.59 bits per heavy atom. The van der Waals surface area contributed by atoms with Crippen LogP contribution in [0.5, 0.6) is 0 Å². The Bertz CT molecular complexity index is 1050. The summed E-state index contributed by atoms with van der Waals surface area (Å²) in [6.07, 6.45) is 0.415. The average molecular weight is 416 g/mol. The largest absolute Gasteiger partial charge is 0.326 e. The van der Waals surface area contributed by atoms with E-state index in [4.69, 9.17) is 5.14 Å². The molecule has 1 aromatic carbocycles. The summed E-state index contributed by atoms with van der Waals surface area (Å²) >= 11 is 0. The van der Waals surface area contributed by atoms with E-state index in [-0.39, 0.29) is 19.0 Å². The van der Waals surface area contributed by atoms with Gasteiger partial charge in [0.2, 0.25) is 15.9 Å². The van der Waals surface area contributed by atoms with E-state index < -0.39 is 15.3 Å². The van der Waals surface area contributed by atoms with Crippen LogP contribution in [0.4, 0.5) is 5.82 Å². The van der Waals surface area contributed by atoms with Gasteiger partial charge in [0.1, 0.15) is 11.9 Å². The molecule has 1 saturated heterocycles. The van der Waals surface area contributed by atoms with Crippen molar-refractivity contribution in [1.82, 2.24) is 9.47 Å². The minimum atomic E-state index is -3.60. The van der Waals surface area contributed by atoms with Crippen LogP contribution in [0.15, 0.2) is 30.3 Å². The molecule has 1 aromatic heterocycles. The van der Waals surface area contributed by atoms with E-state index in [1.165, 1.54) is 0 Å². The van der Waals surface area contributed by atoms with Crippen molar-refractivity contribution < 1.29 is 13.2 Å². The fraction of sp³-hybridized carbons (Fsp3) is 0.400. The van der Waals surface area contributed by atoms with Crippen molar-refractivity contribution in [3.63, 3.8) is 0 Å². The number of amides is 1. The normalized spacial score (nSPS) is 17.2. The highest BCUT2D eigenvalue weighted by molar-refractivity contribution is 7.89. The molecule has 3 N–H and O–H groups in total. The first-order chi connectivity index (χ1) is 13.7. The number of sulfonamides is 1. The van der Waals surface area contributed by atoms with Crippen LogP contribution in [0.25, 0.3) is 0 Å². The first-order valence-corrected chi connectivity index (χ1v) is 11.0. The van der Waals surface area contributed by atoms with Gasteiger partial charge in [0.25, 0.3) is 0 Å². The van der Waals surface area contributed by atoms with Crippen LogP contribution in [-0.4, -0.2) is 48.7 Å². The first kappa shape index (κ1) is 21.0. The number of carbonyl (C=O) groups is 1. The number of nitrogens with one attached hydrogen (secondary N) is 1. The average Bonchev–Trinajstić information content (AvgIpc) is 3.22. The van der Waals surface area contributed by atoms with Crippen LogP contribution in [-0.2, 0) is 21.4 Å². The molecule has 1 aliphatic rings. The summed E-state index contributed by atoms with van der Waals surface area (Å²) in [5.74, 6) is 0.182. The highest BCUT2D eigenvalue weighted by Gasteiger charge is 2.31. The zero-order chi connectivity index (χ0) is 21.2. The molecule has 0 bridgehead atoms. The summed E-state index contributed by atoms with van der Waals surface area (Å²) < 4.78 is 24.9. The highest BCUT2D eigenvalue weighted by atomic mass is 32.2. The predicted molar refractivity (Wildman–Crippen MR) is 111 cm³/mol. The number of anilines is 1. The van der Waals surface area contributed by atoms with Gasteiger partial charge >= 0.3 is 0 Å². The van der Waals surface area contributed by atoms with E-state index in [9.17, 15) is 18.5 Å². The summed E-state index contributed by atoms with van der Waals surface area (Å²) in [5, 5.41) is 17.1. The molecule has 0 radical (unpaired) electrons. The molecular weight excluding hydrogens is 390 g/mol. The van der Waals surface area contributed by atoms with Crippen molar-refractivity contribution in [3.05, 3.63) is 52.7 Å². The van der Waals surface area contributed by atoms with Crippen LogP contribution in [0.1, 0.15) is 28.8 Å². The second-order valence-corrected chi connectivity index (χ2v) is 9.25. The second kappa shape index (κ2) is 8.37. The molecule has 29 heavy (non-hydrogen) atoms. The standard InChI is InChI=1S/C20H25N5O3S/c1-14-15(2)25(11-16-6-4-3-5-7-16)20(18(14)10-21)23-19(26)13-24-9-8-17(12-24)29(22,27)28/h3-7,17H,8-9,11-13H2,1-2H3,(H,23,26)(H2,22,27,28)/t17-/m0/s1. The molecule has 2 aromatic rings. The number of nitriles is 1. The van der Waals surface area contributed by atoms with Crippen molar-refractivity contribution >= 4 is 21.7 Å². The van der Waals surface area contributed by atoms with Crippen molar-refractivity contribution in [1.29, 1.82) is 5.26 Å². The SMILES string of the molecule is Cc1c(C#N)c(NC(=O)CN2CC[C@H](S(N)(=O)=O)C2)n(Cc2ccccc2)c1C. The van der Waals surface area contributed by atoms with Crippen LogP contribution < -0.4 is 10.5 Å². The van der Waals surface area contributed by atoms with Gasteiger partial charge in [-0.05, 0) is 31.4 Å². The molecule has 154 valence electrons. The molecule has 9 heteroatoms. The Morgan fingerprint density at radius 2 is 2.00 bits per heavy atom. The third-order valence-corrected chi connectivity index (χ3v) is 6.76.